The Morgan fingerprint density at radius 3 is 2.09 bits per heavy atom. The highest BCUT2D eigenvalue weighted by Gasteiger charge is 2.19. The van der Waals surface area contributed by atoms with Crippen molar-refractivity contribution in [3.8, 4) is 5.75 Å². The molecule has 0 radical (unpaired) electrons. The number of carbonyl (C=O) groups excluding carboxylic acids is 2. The van der Waals surface area contributed by atoms with Crippen LogP contribution in [0.5, 0.6) is 5.75 Å². The van der Waals surface area contributed by atoms with Gasteiger partial charge in [-0.2, -0.15) is 21.2 Å². The van der Waals surface area contributed by atoms with Gasteiger partial charge in [-0.3, -0.25) is 14.1 Å². The average molecular weight is 528 g/mol. The fourth-order valence-corrected chi connectivity index (χ4v) is 4.39. The Kier molecular flexibility index (Phi) is 6.97. The zero-order chi connectivity index (χ0) is 25.3. The van der Waals surface area contributed by atoms with Crippen LogP contribution in [0.1, 0.15) is 13.8 Å². The summed E-state index contributed by atoms with van der Waals surface area (Å²) in [6, 6.07) is 6.32. The number of nitrogens with one attached hydrogen (secondary N) is 2. The van der Waals surface area contributed by atoms with Gasteiger partial charge in [0.05, 0.1) is 33.7 Å². The Morgan fingerprint density at radius 2 is 1.59 bits per heavy atom. The number of anilines is 2. The number of nitrogens with zero attached hydrogens (tertiary/aromatic N) is 3. The highest BCUT2D eigenvalue weighted by atomic mass is 32.2. The van der Waals surface area contributed by atoms with Gasteiger partial charge >= 0.3 is 10.1 Å². The fraction of sp³-hybridized carbons (Fsp3) is 0.167. The molecule has 0 aliphatic carbocycles. The summed E-state index contributed by atoms with van der Waals surface area (Å²) < 4.78 is 64.6. The number of hydrogen-bond donors (Lipinski definition) is 3. The van der Waals surface area contributed by atoms with E-state index in [0.29, 0.717) is 10.9 Å². The highest BCUT2D eigenvalue weighted by Crippen LogP contribution is 2.40. The molecule has 34 heavy (non-hydrogen) atoms. The third-order valence-corrected chi connectivity index (χ3v) is 5.99. The second kappa shape index (κ2) is 9.41. The van der Waals surface area contributed by atoms with Crippen molar-refractivity contribution in [1.29, 1.82) is 0 Å². The van der Waals surface area contributed by atoms with Crippen LogP contribution in [-0.2, 0) is 29.8 Å². The minimum atomic E-state index is -4.45. The minimum absolute atomic E-state index is 0.0841. The number of aromatic nitrogens is 1. The van der Waals surface area contributed by atoms with Crippen molar-refractivity contribution in [3.05, 3.63) is 30.3 Å². The molecule has 1 aromatic heterocycles. The van der Waals surface area contributed by atoms with Crippen molar-refractivity contribution in [2.24, 2.45) is 10.2 Å². The standard InChI is InChI=1S/C18H17N5O8S3/c1-9(24)19-15-6-11(7-16(20-10(2)25)17(15)31-33(3,26)27)21-22-18-13-8-12(34(28,29)30)4-5-14(13)23-32-18/h4-8H,1-3H3,(H,19,24)(H,20,25)(H,28,29,30). The predicted molar refractivity (Wildman–Crippen MR) is 124 cm³/mol. The molecule has 0 saturated carbocycles. The van der Waals surface area contributed by atoms with Crippen molar-refractivity contribution in [3.63, 3.8) is 0 Å². The summed E-state index contributed by atoms with van der Waals surface area (Å²) in [7, 11) is -8.48. The molecule has 3 rings (SSSR count). The lowest BCUT2D eigenvalue weighted by Crippen LogP contribution is -2.14. The minimum Gasteiger partial charge on any atom is -0.378 e. The van der Waals surface area contributed by atoms with Gasteiger partial charge in [0.15, 0.2) is 10.8 Å². The summed E-state index contributed by atoms with van der Waals surface area (Å²) in [5.41, 5.74) is 0.309. The molecule has 2 aromatic carbocycles. The van der Waals surface area contributed by atoms with E-state index in [4.69, 9.17) is 4.18 Å². The van der Waals surface area contributed by atoms with Crippen molar-refractivity contribution in [1.82, 2.24) is 4.37 Å². The Bertz CT molecular complexity index is 1510. The van der Waals surface area contributed by atoms with E-state index < -0.39 is 32.1 Å². The third kappa shape index (κ3) is 6.31. The van der Waals surface area contributed by atoms with Crippen molar-refractivity contribution >= 4 is 76.5 Å². The molecular weight excluding hydrogens is 510 g/mol. The van der Waals surface area contributed by atoms with Crippen LogP contribution in [0, 0.1) is 0 Å². The van der Waals surface area contributed by atoms with Gasteiger partial charge in [-0.15, -0.1) is 10.2 Å². The maximum absolute atomic E-state index is 11.7. The first-order valence-electron chi connectivity index (χ1n) is 9.14. The molecule has 0 spiro atoms. The molecule has 180 valence electrons. The smallest absolute Gasteiger partial charge is 0.306 e. The maximum atomic E-state index is 11.7. The molecule has 13 nitrogen and oxygen atoms in total. The molecule has 0 atom stereocenters. The molecule has 3 N–H and O–H groups in total. The van der Waals surface area contributed by atoms with Crippen LogP contribution in [0.4, 0.5) is 22.1 Å². The number of amides is 2. The molecule has 0 saturated heterocycles. The Morgan fingerprint density at radius 1 is 1.00 bits per heavy atom. The van der Waals surface area contributed by atoms with Gasteiger partial charge in [0.1, 0.15) is 0 Å². The number of rotatable bonds is 7. The van der Waals surface area contributed by atoms with E-state index in [0.717, 1.165) is 17.8 Å². The van der Waals surface area contributed by atoms with Crippen LogP contribution in [0.25, 0.3) is 10.9 Å². The molecule has 0 aliphatic heterocycles. The van der Waals surface area contributed by atoms with Crippen molar-refractivity contribution < 1.29 is 35.2 Å². The van der Waals surface area contributed by atoms with E-state index in [1.165, 1.54) is 44.2 Å². The van der Waals surface area contributed by atoms with Gasteiger partial charge in [-0.05, 0) is 41.9 Å². The second-order valence-corrected chi connectivity index (χ2v) is 10.6. The van der Waals surface area contributed by atoms with E-state index in [1.54, 1.807) is 0 Å². The van der Waals surface area contributed by atoms with Gasteiger partial charge in [-0.1, -0.05) is 0 Å². The largest absolute Gasteiger partial charge is 0.378 e. The van der Waals surface area contributed by atoms with Crippen molar-refractivity contribution in [2.45, 2.75) is 18.7 Å². The van der Waals surface area contributed by atoms with Gasteiger partial charge in [-0.25, -0.2) is 0 Å². The first-order chi connectivity index (χ1) is 15.7. The molecule has 0 aliphatic rings. The molecular formula is C18H17N5O8S3. The van der Waals surface area contributed by atoms with Crippen LogP contribution in [0.15, 0.2) is 45.5 Å². The van der Waals surface area contributed by atoms with Gasteiger partial charge in [0.25, 0.3) is 10.1 Å². The van der Waals surface area contributed by atoms with Crippen LogP contribution >= 0.6 is 11.5 Å². The molecule has 0 bridgehead atoms. The summed E-state index contributed by atoms with van der Waals surface area (Å²) in [6.45, 7) is 2.37. The summed E-state index contributed by atoms with van der Waals surface area (Å²) in [6.07, 6.45) is 0.797. The van der Waals surface area contributed by atoms with Crippen LogP contribution in [0.2, 0.25) is 0 Å². The third-order valence-electron chi connectivity index (χ3n) is 3.91. The van der Waals surface area contributed by atoms with E-state index in [9.17, 15) is 31.0 Å². The second-order valence-electron chi connectivity index (χ2n) is 6.86. The molecule has 3 aromatic rings. The first kappa shape index (κ1) is 25.2. The Balaban J connectivity index is 2.12. The molecule has 0 fully saturated rings. The molecule has 1 heterocycles. The van der Waals surface area contributed by atoms with Gasteiger partial charge in [0, 0.05) is 19.2 Å². The van der Waals surface area contributed by atoms with Crippen molar-refractivity contribution in [2.75, 3.05) is 16.9 Å². The summed E-state index contributed by atoms with van der Waals surface area (Å²) in [5, 5.41) is 13.4. The van der Waals surface area contributed by atoms with E-state index >= 15 is 0 Å². The monoisotopic (exact) mass is 527 g/mol. The zero-order valence-electron chi connectivity index (χ0n) is 17.8. The fourth-order valence-electron chi connectivity index (χ4n) is 2.72. The number of fused-ring (bicyclic) bond motifs is 1. The molecule has 0 unspecified atom stereocenters. The lowest BCUT2D eigenvalue weighted by molar-refractivity contribution is -0.115. The van der Waals surface area contributed by atoms with Gasteiger partial charge in [0.2, 0.25) is 11.8 Å². The number of carbonyl (C=O) groups is 2. The number of hydrogen-bond acceptors (Lipinski definition) is 11. The van der Waals surface area contributed by atoms with Gasteiger partial charge < -0.3 is 14.8 Å². The quantitative estimate of drug-likeness (QED) is 0.235. The van der Waals surface area contributed by atoms with E-state index in [2.05, 4.69) is 25.2 Å². The molecule has 16 heteroatoms. The summed E-state index contributed by atoms with van der Waals surface area (Å²) in [5.74, 6) is -1.42. The van der Waals surface area contributed by atoms with Crippen LogP contribution in [-0.4, -0.2) is 43.8 Å². The summed E-state index contributed by atoms with van der Waals surface area (Å²) in [4.78, 5) is 22.9. The first-order valence-corrected chi connectivity index (χ1v) is 13.2. The van der Waals surface area contributed by atoms with E-state index in [-0.39, 0.29) is 32.7 Å². The lowest BCUT2D eigenvalue weighted by atomic mass is 10.2. The molecule has 2 amide bonds. The maximum Gasteiger partial charge on any atom is 0.306 e. The topological polar surface area (TPSA) is 194 Å². The zero-order valence-corrected chi connectivity index (χ0v) is 20.2. The normalized spacial score (nSPS) is 12.1. The lowest BCUT2D eigenvalue weighted by Gasteiger charge is -2.15. The summed E-state index contributed by atoms with van der Waals surface area (Å²) >= 11 is 0.912. The Labute approximate surface area is 197 Å². The average Bonchev–Trinajstić information content (AvgIpc) is 3.09. The Hall–Kier alpha value is -3.47. The highest BCUT2D eigenvalue weighted by molar-refractivity contribution is 7.86. The predicted octanol–water partition coefficient (Wildman–Crippen LogP) is 3.21. The van der Waals surface area contributed by atoms with Crippen LogP contribution in [0.3, 0.4) is 0 Å². The number of azo groups is 1. The van der Waals surface area contributed by atoms with Crippen LogP contribution < -0.4 is 14.8 Å². The SMILES string of the molecule is CC(=O)Nc1cc(N=Nc2snc3ccc(S(=O)(=O)O)cc23)cc(NC(C)=O)c1OS(C)(=O)=O. The van der Waals surface area contributed by atoms with E-state index in [1.807, 2.05) is 0 Å². The number of benzene rings is 2.